The summed E-state index contributed by atoms with van der Waals surface area (Å²) >= 11 is 3.39. The zero-order chi connectivity index (χ0) is 8.10. The topological polar surface area (TPSA) is 0 Å². The van der Waals surface area contributed by atoms with Crippen molar-refractivity contribution in [2.75, 3.05) is 0 Å². The maximum atomic E-state index is 3.39. The molecule has 0 N–H and O–H groups in total. The first-order valence-corrected chi connectivity index (χ1v) is 4.54. The first-order valence-electron chi connectivity index (χ1n) is 3.75. The Balaban J connectivity index is 2.73. The van der Waals surface area contributed by atoms with E-state index in [1.807, 2.05) is 0 Å². The molecule has 0 saturated heterocycles. The van der Waals surface area contributed by atoms with Gasteiger partial charge in [0.05, 0.1) is 0 Å². The summed E-state index contributed by atoms with van der Waals surface area (Å²) in [6.07, 6.45) is 5.38. The lowest BCUT2D eigenvalue weighted by Gasteiger charge is -1.92. The molecule has 0 aromatic heterocycles. The predicted octanol–water partition coefficient (Wildman–Crippen LogP) is 3.87. The Labute approximate surface area is 76.1 Å². The summed E-state index contributed by atoms with van der Waals surface area (Å²) in [5.74, 6) is 0. The van der Waals surface area contributed by atoms with Crippen molar-refractivity contribution in [3.8, 4) is 0 Å². The summed E-state index contributed by atoms with van der Waals surface area (Å²) in [5, 5.41) is 0. The molecule has 0 spiro atoms. The molecule has 0 unspecified atom stereocenters. The third kappa shape index (κ3) is 2.89. The van der Waals surface area contributed by atoms with E-state index in [1.165, 1.54) is 5.56 Å². The van der Waals surface area contributed by atoms with E-state index in [9.17, 15) is 0 Å². The molecule has 0 radical (unpaired) electrons. The van der Waals surface area contributed by atoms with Crippen molar-refractivity contribution in [1.82, 2.24) is 0 Å². The molecule has 58 valence electrons. The quantitative estimate of drug-likeness (QED) is 0.696. The van der Waals surface area contributed by atoms with Gasteiger partial charge < -0.3 is 0 Å². The fourth-order valence-corrected chi connectivity index (χ4v) is 1.09. The van der Waals surface area contributed by atoms with Crippen LogP contribution in [0.1, 0.15) is 18.9 Å². The van der Waals surface area contributed by atoms with E-state index in [2.05, 4.69) is 59.3 Å². The predicted molar refractivity (Wildman–Crippen MR) is 53.5 cm³/mol. The maximum Gasteiger partial charge on any atom is 0.0175 e. The Morgan fingerprint density at radius 3 is 2.45 bits per heavy atom. The second kappa shape index (κ2) is 4.35. The van der Waals surface area contributed by atoms with Gasteiger partial charge in [-0.25, -0.2) is 0 Å². The van der Waals surface area contributed by atoms with Crippen LogP contribution in [0.5, 0.6) is 0 Å². The van der Waals surface area contributed by atoms with Crippen LogP contribution < -0.4 is 0 Å². The third-order valence-electron chi connectivity index (χ3n) is 1.42. The van der Waals surface area contributed by atoms with Gasteiger partial charge >= 0.3 is 0 Å². The van der Waals surface area contributed by atoms with E-state index in [0.717, 1.165) is 10.9 Å². The summed E-state index contributed by atoms with van der Waals surface area (Å²) in [5.41, 5.74) is 1.26. The Kier molecular flexibility index (Phi) is 3.37. The molecule has 1 rings (SSSR count). The van der Waals surface area contributed by atoms with Crippen molar-refractivity contribution in [2.24, 2.45) is 0 Å². The fourth-order valence-electron chi connectivity index (χ4n) is 0.828. The highest BCUT2D eigenvalue weighted by molar-refractivity contribution is 9.10. The van der Waals surface area contributed by atoms with Crippen LogP contribution in [0, 0.1) is 0 Å². The Hall–Kier alpha value is -0.560. The number of halogens is 1. The van der Waals surface area contributed by atoms with Crippen LogP contribution in [0.25, 0.3) is 6.08 Å². The zero-order valence-electron chi connectivity index (χ0n) is 6.55. The molecule has 1 aromatic rings. The monoisotopic (exact) mass is 210 g/mol. The Morgan fingerprint density at radius 1 is 1.27 bits per heavy atom. The van der Waals surface area contributed by atoms with Crippen LogP contribution in [0.2, 0.25) is 0 Å². The average molecular weight is 211 g/mol. The third-order valence-corrected chi connectivity index (χ3v) is 1.94. The van der Waals surface area contributed by atoms with Crippen molar-refractivity contribution in [3.63, 3.8) is 0 Å². The van der Waals surface area contributed by atoms with Crippen molar-refractivity contribution in [2.45, 2.75) is 13.3 Å². The van der Waals surface area contributed by atoms with E-state index in [4.69, 9.17) is 0 Å². The lowest BCUT2D eigenvalue weighted by Crippen LogP contribution is -1.69. The maximum absolute atomic E-state index is 3.39. The summed E-state index contributed by atoms with van der Waals surface area (Å²) in [6, 6.07) is 8.29. The first kappa shape index (κ1) is 8.54. The second-order valence-corrected chi connectivity index (χ2v) is 3.28. The Bertz CT molecular complexity index is 234. The van der Waals surface area contributed by atoms with Crippen LogP contribution in [0.15, 0.2) is 34.8 Å². The molecule has 0 aliphatic rings. The van der Waals surface area contributed by atoms with E-state index < -0.39 is 0 Å². The smallest absolute Gasteiger partial charge is 0.0175 e. The van der Waals surface area contributed by atoms with Gasteiger partial charge in [0.2, 0.25) is 0 Å². The number of hydrogen-bond acceptors (Lipinski definition) is 0. The minimum Gasteiger partial charge on any atom is -0.0842 e. The van der Waals surface area contributed by atoms with Gasteiger partial charge in [-0.1, -0.05) is 47.1 Å². The zero-order valence-corrected chi connectivity index (χ0v) is 8.14. The summed E-state index contributed by atoms with van der Waals surface area (Å²) < 4.78 is 1.13. The van der Waals surface area contributed by atoms with E-state index in [0.29, 0.717) is 0 Å². The van der Waals surface area contributed by atoms with E-state index in [1.54, 1.807) is 0 Å². The summed E-state index contributed by atoms with van der Waals surface area (Å²) in [7, 11) is 0. The van der Waals surface area contributed by atoms with Crippen LogP contribution in [0.4, 0.5) is 0 Å². The van der Waals surface area contributed by atoms with Gasteiger partial charge in [-0.3, -0.25) is 0 Å². The summed E-state index contributed by atoms with van der Waals surface area (Å²) in [4.78, 5) is 0. The molecule has 1 aromatic carbocycles. The highest BCUT2D eigenvalue weighted by Crippen LogP contribution is 2.11. The minimum absolute atomic E-state index is 1.09. The highest BCUT2D eigenvalue weighted by Gasteiger charge is 1.85. The van der Waals surface area contributed by atoms with Gasteiger partial charge in [0.15, 0.2) is 0 Å². The van der Waals surface area contributed by atoms with Crippen molar-refractivity contribution >= 4 is 22.0 Å². The number of rotatable bonds is 2. The minimum atomic E-state index is 1.09. The molecule has 11 heavy (non-hydrogen) atoms. The SMILES string of the molecule is CCC=Cc1ccc(Br)cc1. The van der Waals surface area contributed by atoms with Gasteiger partial charge in [0, 0.05) is 4.47 Å². The van der Waals surface area contributed by atoms with E-state index >= 15 is 0 Å². The van der Waals surface area contributed by atoms with E-state index in [-0.39, 0.29) is 0 Å². The molecule has 0 amide bonds. The lowest BCUT2D eigenvalue weighted by molar-refractivity contribution is 1.23. The molecule has 0 atom stereocenters. The normalized spacial score (nSPS) is 10.7. The van der Waals surface area contributed by atoms with Crippen LogP contribution >= 0.6 is 15.9 Å². The molecule has 0 saturated carbocycles. The summed E-state index contributed by atoms with van der Waals surface area (Å²) in [6.45, 7) is 2.13. The standard InChI is InChI=1S/C10H11Br/c1-2-3-4-9-5-7-10(11)8-6-9/h3-8H,2H2,1H3. The van der Waals surface area contributed by atoms with Gasteiger partial charge in [0.25, 0.3) is 0 Å². The highest BCUT2D eigenvalue weighted by atomic mass is 79.9. The molecule has 0 aliphatic heterocycles. The number of hydrogen-bond donors (Lipinski definition) is 0. The Morgan fingerprint density at radius 2 is 1.91 bits per heavy atom. The molecular weight excluding hydrogens is 200 g/mol. The van der Waals surface area contributed by atoms with Crippen LogP contribution in [-0.4, -0.2) is 0 Å². The van der Waals surface area contributed by atoms with Crippen molar-refractivity contribution in [1.29, 1.82) is 0 Å². The van der Waals surface area contributed by atoms with Crippen molar-refractivity contribution < 1.29 is 0 Å². The second-order valence-electron chi connectivity index (χ2n) is 2.36. The van der Waals surface area contributed by atoms with Gasteiger partial charge in [0.1, 0.15) is 0 Å². The first-order chi connectivity index (χ1) is 5.33. The van der Waals surface area contributed by atoms with Gasteiger partial charge in [-0.15, -0.1) is 0 Å². The van der Waals surface area contributed by atoms with Gasteiger partial charge in [-0.2, -0.15) is 0 Å². The molecule has 0 nitrogen and oxygen atoms in total. The van der Waals surface area contributed by atoms with Crippen LogP contribution in [0.3, 0.4) is 0 Å². The van der Waals surface area contributed by atoms with Crippen LogP contribution in [-0.2, 0) is 0 Å². The molecule has 0 fully saturated rings. The average Bonchev–Trinajstić information content (AvgIpc) is 2.04. The lowest BCUT2D eigenvalue weighted by atomic mass is 10.2. The van der Waals surface area contributed by atoms with Crippen molar-refractivity contribution in [3.05, 3.63) is 40.4 Å². The number of allylic oxidation sites excluding steroid dienone is 1. The van der Waals surface area contributed by atoms with Gasteiger partial charge in [-0.05, 0) is 24.1 Å². The largest absolute Gasteiger partial charge is 0.0842 e. The molecule has 0 aliphatic carbocycles. The fraction of sp³-hybridized carbons (Fsp3) is 0.200. The molecule has 1 heteroatoms. The molecule has 0 heterocycles. The number of benzene rings is 1. The molecular formula is C10H11Br. The molecule has 0 bridgehead atoms.